The van der Waals surface area contributed by atoms with E-state index < -0.39 is 17.9 Å². The topological polar surface area (TPSA) is 97.4 Å². The molecule has 8 heteroatoms. The lowest BCUT2D eigenvalue weighted by Crippen LogP contribution is -2.15. The van der Waals surface area contributed by atoms with Crippen molar-refractivity contribution in [2.24, 2.45) is 0 Å². The number of hydrogen-bond donors (Lipinski definition) is 0. The van der Waals surface area contributed by atoms with Crippen LogP contribution in [0.1, 0.15) is 42.1 Å². The second-order valence-corrected chi connectivity index (χ2v) is 11.2. The smallest absolute Gasteiger partial charge is 0.343 e. The number of carbonyl (C=O) groups is 3. The summed E-state index contributed by atoms with van der Waals surface area (Å²) in [5.74, 6) is -1.55. The van der Waals surface area contributed by atoms with Gasteiger partial charge in [0.2, 0.25) is 0 Å². The number of unbranched alkanes of at least 4 members (excludes halogenated alkanes) is 2. The van der Waals surface area contributed by atoms with Crippen LogP contribution < -0.4 is 14.2 Å². The third kappa shape index (κ3) is 9.84. The van der Waals surface area contributed by atoms with Crippen molar-refractivity contribution in [2.45, 2.75) is 32.6 Å². The van der Waals surface area contributed by atoms with Gasteiger partial charge in [-0.15, -0.1) is 0 Å². The van der Waals surface area contributed by atoms with Crippen LogP contribution in [0.2, 0.25) is 0 Å². The summed E-state index contributed by atoms with van der Waals surface area (Å²) in [6.45, 7) is 9.58. The van der Waals surface area contributed by atoms with E-state index in [0.717, 1.165) is 23.1 Å². The van der Waals surface area contributed by atoms with Gasteiger partial charge in [0.1, 0.15) is 5.75 Å². The van der Waals surface area contributed by atoms with Gasteiger partial charge in [-0.05, 0) is 77.1 Å². The lowest BCUT2D eigenvalue weighted by Gasteiger charge is -2.14. The molecule has 0 fully saturated rings. The molecule has 248 valence electrons. The number of aryl methyl sites for hydroxylation is 1. The first kappa shape index (κ1) is 35.5. The molecule has 0 bridgehead atoms. The van der Waals surface area contributed by atoms with Crippen molar-refractivity contribution in [3.05, 3.63) is 126 Å². The minimum Gasteiger partial charge on any atom is -0.423 e. The molecule has 0 atom stereocenters. The summed E-state index contributed by atoms with van der Waals surface area (Å²) >= 11 is 0. The molecule has 0 aliphatic rings. The van der Waals surface area contributed by atoms with Gasteiger partial charge >= 0.3 is 17.9 Å². The molecule has 48 heavy (non-hydrogen) atoms. The zero-order valence-corrected chi connectivity index (χ0v) is 27.6. The molecule has 0 saturated carbocycles. The van der Waals surface area contributed by atoms with Gasteiger partial charge < -0.3 is 23.7 Å². The second-order valence-electron chi connectivity index (χ2n) is 11.2. The maximum absolute atomic E-state index is 13.3. The molecule has 0 amide bonds. The first-order valence-corrected chi connectivity index (χ1v) is 15.7. The van der Waals surface area contributed by atoms with Crippen LogP contribution in [0.4, 0.5) is 0 Å². The van der Waals surface area contributed by atoms with E-state index >= 15 is 0 Å². The third-order valence-electron chi connectivity index (χ3n) is 7.44. The number of methoxy groups -OCH3 is 2. The zero-order valence-electron chi connectivity index (χ0n) is 27.6. The molecule has 0 aromatic heterocycles. The van der Waals surface area contributed by atoms with Gasteiger partial charge in [-0.3, -0.25) is 0 Å². The Balaban J connectivity index is 1.54. The van der Waals surface area contributed by atoms with E-state index in [1.165, 1.54) is 45.1 Å². The molecule has 0 saturated heterocycles. The quantitative estimate of drug-likeness (QED) is 0.0519. The lowest BCUT2D eigenvalue weighted by molar-refractivity contribution is -0.131. The van der Waals surface area contributed by atoms with Gasteiger partial charge in [0, 0.05) is 14.2 Å². The van der Waals surface area contributed by atoms with Crippen LogP contribution in [0, 0.1) is 0 Å². The molecule has 8 nitrogen and oxygen atoms in total. The highest BCUT2D eigenvalue weighted by Crippen LogP contribution is 2.35. The van der Waals surface area contributed by atoms with Crippen molar-refractivity contribution < 1.29 is 38.1 Å². The first-order chi connectivity index (χ1) is 23.2. The molecular weight excluding hydrogens is 608 g/mol. The summed E-state index contributed by atoms with van der Waals surface area (Å²) < 4.78 is 26.6. The van der Waals surface area contributed by atoms with Crippen molar-refractivity contribution in [3.8, 4) is 39.5 Å². The highest BCUT2D eigenvalue weighted by Gasteiger charge is 2.19. The van der Waals surface area contributed by atoms with Crippen LogP contribution in [0.3, 0.4) is 0 Å². The monoisotopic (exact) mass is 648 g/mol. The van der Waals surface area contributed by atoms with Gasteiger partial charge in [-0.2, -0.15) is 0 Å². The lowest BCUT2D eigenvalue weighted by atomic mass is 10.0. The van der Waals surface area contributed by atoms with E-state index in [1.54, 1.807) is 48.5 Å². The Morgan fingerprint density at radius 2 is 1.10 bits per heavy atom. The van der Waals surface area contributed by atoms with Gasteiger partial charge in [0.05, 0.1) is 29.9 Å². The van der Waals surface area contributed by atoms with Crippen LogP contribution in [-0.4, -0.2) is 45.3 Å². The highest BCUT2D eigenvalue weighted by molar-refractivity contribution is 5.93. The van der Waals surface area contributed by atoms with Gasteiger partial charge in [0.25, 0.3) is 0 Å². The van der Waals surface area contributed by atoms with Gasteiger partial charge in [0.15, 0.2) is 11.5 Å². The summed E-state index contributed by atoms with van der Waals surface area (Å²) in [6.07, 6.45) is 4.64. The molecule has 4 aromatic carbocycles. The molecule has 0 N–H and O–H groups in total. The molecule has 0 aliphatic heterocycles. The Labute approximate surface area is 281 Å². The van der Waals surface area contributed by atoms with Crippen molar-refractivity contribution in [1.82, 2.24) is 0 Å². The minimum absolute atomic E-state index is 0.0181. The highest BCUT2D eigenvalue weighted by atomic mass is 16.6. The van der Waals surface area contributed by atoms with E-state index in [2.05, 4.69) is 44.3 Å². The molecule has 4 rings (SSSR count). The second kappa shape index (κ2) is 17.6. The predicted octanol–water partition coefficient (Wildman–Crippen LogP) is 8.19. The van der Waals surface area contributed by atoms with Crippen molar-refractivity contribution in [3.63, 3.8) is 0 Å². The Morgan fingerprint density at radius 3 is 1.69 bits per heavy atom. The van der Waals surface area contributed by atoms with Gasteiger partial charge in [-0.25, -0.2) is 14.4 Å². The van der Waals surface area contributed by atoms with Gasteiger partial charge in [-0.1, -0.05) is 87.5 Å². The Hall–Kier alpha value is -5.31. The Bertz CT molecular complexity index is 1740. The summed E-state index contributed by atoms with van der Waals surface area (Å²) in [7, 11) is 2.91. The fourth-order valence-corrected chi connectivity index (χ4v) is 4.79. The summed E-state index contributed by atoms with van der Waals surface area (Å²) in [6, 6.07) is 27.2. The molecule has 0 heterocycles. The van der Waals surface area contributed by atoms with Crippen LogP contribution in [0.25, 0.3) is 22.3 Å². The maximum Gasteiger partial charge on any atom is 0.343 e. The molecule has 0 radical (unpaired) electrons. The van der Waals surface area contributed by atoms with E-state index in [-0.39, 0.29) is 35.9 Å². The Morgan fingerprint density at radius 1 is 0.583 bits per heavy atom. The van der Waals surface area contributed by atoms with Crippen LogP contribution in [-0.2, 0) is 25.5 Å². The zero-order chi connectivity index (χ0) is 34.5. The van der Waals surface area contributed by atoms with Crippen LogP contribution in [0.15, 0.2) is 115 Å². The number of hydrogen-bond acceptors (Lipinski definition) is 8. The van der Waals surface area contributed by atoms with E-state index in [0.29, 0.717) is 16.9 Å². The molecule has 0 aliphatic carbocycles. The minimum atomic E-state index is -0.719. The van der Waals surface area contributed by atoms with E-state index in [4.69, 9.17) is 23.7 Å². The SMILES string of the molecule is C=C(COC)C(=O)Oc1ccc(-c2ccc(OC(=O)C(=C)COC)c(OC(=O)c3ccc(-c4ccc(CCCCC)cc4)cc3)c2)cc1. The fraction of sp³-hybridized carbons (Fsp3) is 0.225. The standard InChI is InChI=1S/C40H40O8/c1-6-7-8-9-29-10-12-30(13-11-29)31-14-16-33(17-15-31)40(43)48-37-24-34(20-23-36(37)47-39(42)28(3)26-45-5)32-18-21-35(22-19-32)46-38(41)27(2)25-44-4/h10-24H,2-3,6-9,25-26H2,1,4-5H3. The number of esters is 3. The third-order valence-corrected chi connectivity index (χ3v) is 7.44. The molecular formula is C40H40O8. The number of carbonyl (C=O) groups excluding carboxylic acids is 3. The van der Waals surface area contributed by atoms with Crippen molar-refractivity contribution in [1.29, 1.82) is 0 Å². The average Bonchev–Trinajstić information content (AvgIpc) is 3.10. The summed E-state index contributed by atoms with van der Waals surface area (Å²) in [5.41, 5.74) is 5.32. The van der Waals surface area contributed by atoms with Crippen LogP contribution in [0.5, 0.6) is 17.2 Å². The number of rotatable bonds is 16. The molecule has 4 aromatic rings. The van der Waals surface area contributed by atoms with E-state index in [1.807, 2.05) is 12.1 Å². The van der Waals surface area contributed by atoms with Crippen molar-refractivity contribution >= 4 is 17.9 Å². The number of benzene rings is 4. The Kier molecular flexibility index (Phi) is 13.0. The summed E-state index contributed by atoms with van der Waals surface area (Å²) in [5, 5.41) is 0. The van der Waals surface area contributed by atoms with Crippen LogP contribution >= 0.6 is 0 Å². The first-order valence-electron chi connectivity index (χ1n) is 15.7. The van der Waals surface area contributed by atoms with Crippen molar-refractivity contribution in [2.75, 3.05) is 27.4 Å². The summed E-state index contributed by atoms with van der Waals surface area (Å²) in [4.78, 5) is 38.2. The normalized spacial score (nSPS) is 10.6. The fourth-order valence-electron chi connectivity index (χ4n) is 4.79. The largest absolute Gasteiger partial charge is 0.423 e. The maximum atomic E-state index is 13.3. The predicted molar refractivity (Wildman–Crippen MR) is 185 cm³/mol. The molecule has 0 unspecified atom stereocenters. The van der Waals surface area contributed by atoms with E-state index in [9.17, 15) is 14.4 Å². The average molecular weight is 649 g/mol. The molecule has 0 spiro atoms. The number of ether oxygens (including phenoxy) is 5.